The number of hydrogen-bond donors (Lipinski definition) is 1. The number of aromatic nitrogens is 1. The van der Waals surface area contributed by atoms with Crippen LogP contribution in [0.4, 0.5) is 4.39 Å². The predicted molar refractivity (Wildman–Crippen MR) is 89.3 cm³/mol. The van der Waals surface area contributed by atoms with E-state index >= 15 is 0 Å². The first-order valence-corrected chi connectivity index (χ1v) is 9.16. The Balaban J connectivity index is 1.68. The van der Waals surface area contributed by atoms with Crippen LogP contribution in [0.1, 0.15) is 18.2 Å². The van der Waals surface area contributed by atoms with Crippen LogP contribution in [0.5, 0.6) is 0 Å². The zero-order valence-corrected chi connectivity index (χ0v) is 13.9. The van der Waals surface area contributed by atoms with Crippen molar-refractivity contribution in [3.05, 3.63) is 65.6 Å². The lowest BCUT2D eigenvalue weighted by molar-refractivity contribution is 0.448. The van der Waals surface area contributed by atoms with E-state index in [1.54, 1.807) is 43.3 Å². The molecule has 1 aromatic heterocycles. The van der Waals surface area contributed by atoms with Crippen LogP contribution in [-0.2, 0) is 22.2 Å². The molecule has 0 aliphatic carbocycles. The fourth-order valence-corrected chi connectivity index (χ4v) is 3.93. The Morgan fingerprint density at radius 3 is 2.62 bits per heavy atom. The SMILES string of the molecule is C[C@@H](Cc1ccc(F)cc1)NS(=O)(=O)Cc1noc2ccccc12. The van der Waals surface area contributed by atoms with Gasteiger partial charge in [-0.15, -0.1) is 0 Å². The molecule has 0 saturated carbocycles. The fraction of sp³-hybridized carbons (Fsp3) is 0.235. The Morgan fingerprint density at radius 2 is 1.88 bits per heavy atom. The summed E-state index contributed by atoms with van der Waals surface area (Å²) in [5, 5.41) is 4.53. The van der Waals surface area contributed by atoms with Crippen molar-refractivity contribution in [2.24, 2.45) is 0 Å². The molecule has 0 fully saturated rings. The molecule has 2 aromatic carbocycles. The molecule has 126 valence electrons. The number of nitrogens with zero attached hydrogens (tertiary/aromatic N) is 1. The van der Waals surface area contributed by atoms with Crippen LogP contribution < -0.4 is 4.72 Å². The van der Waals surface area contributed by atoms with Crippen molar-refractivity contribution < 1.29 is 17.3 Å². The van der Waals surface area contributed by atoms with Gasteiger partial charge in [0, 0.05) is 11.4 Å². The van der Waals surface area contributed by atoms with Gasteiger partial charge >= 0.3 is 0 Å². The summed E-state index contributed by atoms with van der Waals surface area (Å²) < 4.78 is 45.3. The number of nitrogens with one attached hydrogen (secondary N) is 1. The highest BCUT2D eigenvalue weighted by Gasteiger charge is 2.19. The molecule has 0 amide bonds. The van der Waals surface area contributed by atoms with E-state index in [0.717, 1.165) is 5.56 Å². The first-order valence-electron chi connectivity index (χ1n) is 7.51. The third-order valence-electron chi connectivity index (χ3n) is 3.61. The Kier molecular flexibility index (Phi) is 4.64. The average molecular weight is 348 g/mol. The Bertz CT molecular complexity index is 936. The predicted octanol–water partition coefficient (Wildman–Crippen LogP) is 3.02. The molecule has 0 spiro atoms. The quantitative estimate of drug-likeness (QED) is 0.743. The monoisotopic (exact) mass is 348 g/mol. The Morgan fingerprint density at radius 1 is 1.17 bits per heavy atom. The van der Waals surface area contributed by atoms with Crippen LogP contribution in [0.3, 0.4) is 0 Å². The van der Waals surface area contributed by atoms with E-state index < -0.39 is 10.0 Å². The zero-order valence-electron chi connectivity index (χ0n) is 13.1. The zero-order chi connectivity index (χ0) is 17.2. The molecule has 1 atom stereocenters. The van der Waals surface area contributed by atoms with Gasteiger partial charge in [0.05, 0.1) is 0 Å². The van der Waals surface area contributed by atoms with E-state index in [9.17, 15) is 12.8 Å². The first kappa shape index (κ1) is 16.6. The van der Waals surface area contributed by atoms with Crippen molar-refractivity contribution in [3.8, 4) is 0 Å². The van der Waals surface area contributed by atoms with E-state index in [1.165, 1.54) is 12.1 Å². The van der Waals surface area contributed by atoms with E-state index in [4.69, 9.17) is 4.52 Å². The molecule has 1 heterocycles. The molecule has 7 heteroatoms. The molecule has 24 heavy (non-hydrogen) atoms. The second-order valence-electron chi connectivity index (χ2n) is 5.73. The molecule has 1 N–H and O–H groups in total. The molecular formula is C17H17FN2O3S. The largest absolute Gasteiger partial charge is 0.356 e. The lowest BCUT2D eigenvalue weighted by atomic mass is 10.1. The summed E-state index contributed by atoms with van der Waals surface area (Å²) in [6.07, 6.45) is 0.471. The van der Waals surface area contributed by atoms with Crippen LogP contribution in [0.25, 0.3) is 11.0 Å². The number of rotatable bonds is 6. The molecular weight excluding hydrogens is 331 g/mol. The van der Waals surface area contributed by atoms with Gasteiger partial charge in [0.25, 0.3) is 0 Å². The second-order valence-corrected chi connectivity index (χ2v) is 7.49. The fourth-order valence-electron chi connectivity index (χ4n) is 2.59. The molecule has 0 aliphatic rings. The molecule has 0 radical (unpaired) electrons. The maximum absolute atomic E-state index is 12.9. The maximum atomic E-state index is 12.9. The topological polar surface area (TPSA) is 72.2 Å². The van der Waals surface area contributed by atoms with Gasteiger partial charge in [0.2, 0.25) is 10.0 Å². The van der Waals surface area contributed by atoms with Crippen LogP contribution in [0.15, 0.2) is 53.1 Å². The molecule has 0 saturated heterocycles. The summed E-state index contributed by atoms with van der Waals surface area (Å²) in [6.45, 7) is 1.77. The van der Waals surface area contributed by atoms with E-state index in [-0.39, 0.29) is 17.6 Å². The minimum Gasteiger partial charge on any atom is -0.356 e. The lowest BCUT2D eigenvalue weighted by Gasteiger charge is -2.13. The smallest absolute Gasteiger partial charge is 0.217 e. The normalized spacial score (nSPS) is 13.2. The van der Waals surface area contributed by atoms with Crippen LogP contribution >= 0.6 is 0 Å². The Labute approximate surface area is 139 Å². The minimum atomic E-state index is -3.57. The number of halogens is 1. The first-order chi connectivity index (χ1) is 11.4. The van der Waals surface area contributed by atoms with E-state index in [1.807, 2.05) is 0 Å². The Hall–Kier alpha value is -2.25. The maximum Gasteiger partial charge on any atom is 0.217 e. The van der Waals surface area contributed by atoms with Crippen LogP contribution in [0, 0.1) is 5.82 Å². The summed E-state index contributed by atoms with van der Waals surface area (Å²) in [6, 6.07) is 12.8. The average Bonchev–Trinajstić information content (AvgIpc) is 2.91. The summed E-state index contributed by atoms with van der Waals surface area (Å²) in [5.74, 6) is -0.567. The second kappa shape index (κ2) is 6.70. The summed E-state index contributed by atoms with van der Waals surface area (Å²) in [7, 11) is -3.57. The lowest BCUT2D eigenvalue weighted by Crippen LogP contribution is -2.35. The van der Waals surface area contributed by atoms with Gasteiger partial charge in [-0.2, -0.15) is 0 Å². The number of fused-ring (bicyclic) bond motifs is 1. The van der Waals surface area contributed by atoms with E-state index in [0.29, 0.717) is 23.1 Å². The number of benzene rings is 2. The van der Waals surface area contributed by atoms with E-state index in [2.05, 4.69) is 9.88 Å². The van der Waals surface area contributed by atoms with Gasteiger partial charge in [0.1, 0.15) is 17.3 Å². The standard InChI is InChI=1S/C17H17FN2O3S/c1-12(10-13-6-8-14(18)9-7-13)20-24(21,22)11-16-15-4-2-3-5-17(15)23-19-16/h2-9,12,20H,10-11H2,1H3/t12-/m0/s1. The molecule has 0 aliphatic heterocycles. The summed E-state index contributed by atoms with van der Waals surface area (Å²) >= 11 is 0. The highest BCUT2D eigenvalue weighted by Crippen LogP contribution is 2.19. The van der Waals surface area contributed by atoms with Gasteiger partial charge in [-0.25, -0.2) is 17.5 Å². The molecule has 0 bridgehead atoms. The van der Waals surface area contributed by atoms with Gasteiger partial charge in [-0.1, -0.05) is 29.4 Å². The van der Waals surface area contributed by atoms with Crippen molar-refractivity contribution in [1.29, 1.82) is 0 Å². The van der Waals surface area contributed by atoms with Gasteiger partial charge < -0.3 is 4.52 Å². The number of hydrogen-bond acceptors (Lipinski definition) is 4. The van der Waals surface area contributed by atoms with Gasteiger partial charge in [-0.05, 0) is 43.2 Å². The molecule has 3 rings (SSSR count). The van der Waals surface area contributed by atoms with Gasteiger partial charge in [0.15, 0.2) is 5.58 Å². The molecule has 5 nitrogen and oxygen atoms in total. The summed E-state index contributed by atoms with van der Waals surface area (Å²) in [4.78, 5) is 0. The van der Waals surface area contributed by atoms with Crippen molar-refractivity contribution in [2.45, 2.75) is 25.1 Å². The third kappa shape index (κ3) is 3.98. The number of sulfonamides is 1. The van der Waals surface area contributed by atoms with Crippen molar-refractivity contribution in [3.63, 3.8) is 0 Å². The van der Waals surface area contributed by atoms with Crippen LogP contribution in [0.2, 0.25) is 0 Å². The third-order valence-corrected chi connectivity index (χ3v) is 5.03. The van der Waals surface area contributed by atoms with Crippen molar-refractivity contribution >= 4 is 21.0 Å². The highest BCUT2D eigenvalue weighted by atomic mass is 32.2. The van der Waals surface area contributed by atoms with Crippen molar-refractivity contribution in [1.82, 2.24) is 9.88 Å². The van der Waals surface area contributed by atoms with Gasteiger partial charge in [-0.3, -0.25) is 0 Å². The minimum absolute atomic E-state index is 0.252. The summed E-state index contributed by atoms with van der Waals surface area (Å²) in [5.41, 5.74) is 1.80. The molecule has 0 unspecified atom stereocenters. The van der Waals surface area contributed by atoms with Crippen LogP contribution in [-0.4, -0.2) is 19.6 Å². The number of para-hydroxylation sites is 1. The van der Waals surface area contributed by atoms with Crippen molar-refractivity contribution in [2.75, 3.05) is 0 Å². The molecule has 3 aromatic rings. The highest BCUT2D eigenvalue weighted by molar-refractivity contribution is 7.88.